The number of carbonyl (C=O) groups is 1. The lowest BCUT2D eigenvalue weighted by atomic mass is 9.85. The molecule has 0 radical (unpaired) electrons. The largest absolute Gasteiger partial charge is 0.492 e. The maximum absolute atomic E-state index is 11.2. The number of carbonyl (C=O) groups excluding carboxylic acids is 1. The molecule has 108 valence electrons. The third-order valence-electron chi connectivity index (χ3n) is 4.04. The highest BCUT2D eigenvalue weighted by molar-refractivity contribution is 5.78. The lowest BCUT2D eigenvalue weighted by Gasteiger charge is -2.16. The van der Waals surface area contributed by atoms with Crippen molar-refractivity contribution in [2.24, 2.45) is 0 Å². The van der Waals surface area contributed by atoms with E-state index < -0.39 is 0 Å². The topological polar surface area (TPSA) is 26.3 Å². The first-order chi connectivity index (χ1) is 9.95. The number of benzene rings is 2. The summed E-state index contributed by atoms with van der Waals surface area (Å²) in [5, 5.41) is 0. The third-order valence-corrected chi connectivity index (χ3v) is 4.04. The highest BCUT2D eigenvalue weighted by Gasteiger charge is 2.31. The Kier molecular flexibility index (Phi) is 3.32. The molecule has 0 aromatic heterocycles. The minimum absolute atomic E-state index is 0.0694. The van der Waals surface area contributed by atoms with Crippen LogP contribution in [-0.4, -0.2) is 12.4 Å². The minimum Gasteiger partial charge on any atom is -0.492 e. The van der Waals surface area contributed by atoms with E-state index in [4.69, 9.17) is 4.74 Å². The molecule has 2 heteroatoms. The van der Waals surface area contributed by atoms with Gasteiger partial charge in [0.05, 0.1) is 6.61 Å². The van der Waals surface area contributed by atoms with E-state index in [1.807, 2.05) is 12.1 Å². The lowest BCUT2D eigenvalue weighted by Crippen LogP contribution is -2.18. The van der Waals surface area contributed by atoms with Crippen LogP contribution < -0.4 is 4.74 Å². The van der Waals surface area contributed by atoms with Gasteiger partial charge < -0.3 is 4.74 Å². The molecule has 2 nitrogen and oxygen atoms in total. The second kappa shape index (κ2) is 5.03. The number of ketones is 1. The number of Topliss-reactive ketones (excluding diaryl/α,β-unsaturated/α-hetero) is 1. The maximum atomic E-state index is 11.2. The highest BCUT2D eigenvalue weighted by Crippen LogP contribution is 2.40. The Hall–Kier alpha value is -2.09. The normalized spacial score (nSPS) is 15.4. The molecule has 21 heavy (non-hydrogen) atoms. The average molecular weight is 280 g/mol. The van der Waals surface area contributed by atoms with Crippen molar-refractivity contribution in [2.45, 2.75) is 32.6 Å². The SMILES string of the molecule is CC(=O)Cc1ccc(-c2ccc3c(c2)C(C)(C)CO3)cc1. The van der Waals surface area contributed by atoms with Gasteiger partial charge in [0.1, 0.15) is 11.5 Å². The predicted octanol–water partition coefficient (Wildman–Crippen LogP) is 4.16. The van der Waals surface area contributed by atoms with E-state index in [-0.39, 0.29) is 11.2 Å². The highest BCUT2D eigenvalue weighted by atomic mass is 16.5. The van der Waals surface area contributed by atoms with Crippen LogP contribution in [0.4, 0.5) is 0 Å². The van der Waals surface area contributed by atoms with E-state index in [0.29, 0.717) is 6.42 Å². The van der Waals surface area contributed by atoms with Gasteiger partial charge in [-0.2, -0.15) is 0 Å². The van der Waals surface area contributed by atoms with Gasteiger partial charge in [-0.3, -0.25) is 4.79 Å². The van der Waals surface area contributed by atoms with Crippen LogP contribution in [0.1, 0.15) is 31.9 Å². The maximum Gasteiger partial charge on any atom is 0.134 e. The Morgan fingerprint density at radius 1 is 1.10 bits per heavy atom. The van der Waals surface area contributed by atoms with E-state index in [1.54, 1.807) is 6.92 Å². The summed E-state index contributed by atoms with van der Waals surface area (Å²) in [5.74, 6) is 1.19. The van der Waals surface area contributed by atoms with Gasteiger partial charge in [-0.15, -0.1) is 0 Å². The van der Waals surface area contributed by atoms with Gasteiger partial charge in [-0.05, 0) is 35.7 Å². The summed E-state index contributed by atoms with van der Waals surface area (Å²) in [7, 11) is 0. The number of ether oxygens (including phenoxy) is 1. The molecule has 2 aromatic rings. The molecular formula is C19H20O2. The molecule has 0 atom stereocenters. The Labute approximate surface area is 125 Å². The monoisotopic (exact) mass is 280 g/mol. The summed E-state index contributed by atoms with van der Waals surface area (Å²) in [6.07, 6.45) is 0.505. The molecule has 3 rings (SSSR count). The van der Waals surface area contributed by atoms with Crippen LogP contribution in [0.5, 0.6) is 5.75 Å². The van der Waals surface area contributed by atoms with Crippen LogP contribution in [0.15, 0.2) is 42.5 Å². The van der Waals surface area contributed by atoms with Gasteiger partial charge in [-0.1, -0.05) is 44.2 Å². The summed E-state index contributed by atoms with van der Waals surface area (Å²) < 4.78 is 5.73. The Balaban J connectivity index is 1.93. The van der Waals surface area contributed by atoms with Crippen molar-refractivity contribution >= 4 is 5.78 Å². The summed E-state index contributed by atoms with van der Waals surface area (Å²) in [5.41, 5.74) is 4.78. The van der Waals surface area contributed by atoms with Crippen molar-refractivity contribution in [3.8, 4) is 16.9 Å². The number of rotatable bonds is 3. The van der Waals surface area contributed by atoms with Gasteiger partial charge >= 0.3 is 0 Å². The van der Waals surface area contributed by atoms with E-state index in [2.05, 4.69) is 44.2 Å². The molecule has 0 saturated heterocycles. The van der Waals surface area contributed by atoms with Crippen molar-refractivity contribution in [3.63, 3.8) is 0 Å². The summed E-state index contributed by atoms with van der Waals surface area (Å²) >= 11 is 0. The minimum atomic E-state index is 0.0694. The van der Waals surface area contributed by atoms with Gasteiger partial charge in [0.25, 0.3) is 0 Å². The fraction of sp³-hybridized carbons (Fsp3) is 0.316. The molecule has 0 fully saturated rings. The standard InChI is InChI=1S/C19H20O2/c1-13(20)10-14-4-6-15(7-5-14)16-8-9-18-17(11-16)19(2,3)12-21-18/h4-9,11H,10,12H2,1-3H3. The zero-order valence-electron chi connectivity index (χ0n) is 12.8. The molecule has 0 aliphatic carbocycles. The van der Waals surface area contributed by atoms with Crippen LogP contribution in [-0.2, 0) is 16.6 Å². The second-order valence-corrected chi connectivity index (χ2v) is 6.46. The third kappa shape index (κ3) is 2.71. The molecule has 0 unspecified atom stereocenters. The van der Waals surface area contributed by atoms with Gasteiger partial charge in [0.15, 0.2) is 0 Å². The summed E-state index contributed by atoms with van der Waals surface area (Å²) in [4.78, 5) is 11.2. The van der Waals surface area contributed by atoms with E-state index in [9.17, 15) is 4.79 Å². The average Bonchev–Trinajstić information content (AvgIpc) is 2.74. The van der Waals surface area contributed by atoms with Crippen LogP contribution in [0.3, 0.4) is 0 Å². The first-order valence-electron chi connectivity index (χ1n) is 7.32. The first-order valence-corrected chi connectivity index (χ1v) is 7.32. The summed E-state index contributed by atoms with van der Waals surface area (Å²) in [6.45, 7) is 6.77. The molecule has 0 saturated carbocycles. The van der Waals surface area contributed by atoms with Crippen molar-refractivity contribution < 1.29 is 9.53 Å². The van der Waals surface area contributed by atoms with E-state index in [0.717, 1.165) is 17.9 Å². The van der Waals surface area contributed by atoms with Crippen molar-refractivity contribution in [1.82, 2.24) is 0 Å². The van der Waals surface area contributed by atoms with Crippen molar-refractivity contribution in [1.29, 1.82) is 0 Å². The van der Waals surface area contributed by atoms with Crippen molar-refractivity contribution in [2.75, 3.05) is 6.61 Å². The lowest BCUT2D eigenvalue weighted by molar-refractivity contribution is -0.116. The van der Waals surface area contributed by atoms with Crippen molar-refractivity contribution in [3.05, 3.63) is 53.6 Å². The number of hydrogen-bond acceptors (Lipinski definition) is 2. The zero-order chi connectivity index (χ0) is 15.0. The van der Waals surface area contributed by atoms with Gasteiger partial charge in [0, 0.05) is 17.4 Å². The Bertz CT molecular complexity index is 681. The quantitative estimate of drug-likeness (QED) is 0.844. The molecule has 2 aromatic carbocycles. The van der Waals surface area contributed by atoms with Crippen LogP contribution in [0.2, 0.25) is 0 Å². The fourth-order valence-corrected chi connectivity index (χ4v) is 2.80. The van der Waals surface area contributed by atoms with Gasteiger partial charge in [-0.25, -0.2) is 0 Å². The fourth-order valence-electron chi connectivity index (χ4n) is 2.80. The molecule has 1 aliphatic rings. The predicted molar refractivity (Wildman–Crippen MR) is 84.8 cm³/mol. The first kappa shape index (κ1) is 13.9. The summed E-state index contributed by atoms with van der Waals surface area (Å²) in [6, 6.07) is 14.6. The smallest absolute Gasteiger partial charge is 0.134 e. The molecule has 0 amide bonds. The zero-order valence-corrected chi connectivity index (χ0v) is 12.8. The van der Waals surface area contributed by atoms with Crippen LogP contribution in [0.25, 0.3) is 11.1 Å². The number of hydrogen-bond donors (Lipinski definition) is 0. The van der Waals surface area contributed by atoms with E-state index >= 15 is 0 Å². The Morgan fingerprint density at radius 3 is 2.43 bits per heavy atom. The van der Waals surface area contributed by atoms with E-state index in [1.165, 1.54) is 16.7 Å². The van der Waals surface area contributed by atoms with Crippen LogP contribution >= 0.6 is 0 Å². The molecule has 0 bridgehead atoms. The van der Waals surface area contributed by atoms with Gasteiger partial charge in [0.2, 0.25) is 0 Å². The molecule has 0 spiro atoms. The molecule has 0 N–H and O–H groups in total. The number of fused-ring (bicyclic) bond motifs is 1. The Morgan fingerprint density at radius 2 is 1.76 bits per heavy atom. The van der Waals surface area contributed by atoms with Crippen LogP contribution in [0, 0.1) is 0 Å². The molecule has 1 aliphatic heterocycles. The molecule has 1 heterocycles. The second-order valence-electron chi connectivity index (χ2n) is 6.46. The molecular weight excluding hydrogens is 260 g/mol.